The van der Waals surface area contributed by atoms with Crippen LogP contribution in [0.25, 0.3) is 0 Å². The lowest BCUT2D eigenvalue weighted by atomic mass is 10.2. The number of carbonyl (C=O) groups is 1. The van der Waals surface area contributed by atoms with E-state index in [0.717, 1.165) is 5.56 Å². The van der Waals surface area contributed by atoms with Gasteiger partial charge in [0.05, 0.1) is 0 Å². The summed E-state index contributed by atoms with van der Waals surface area (Å²) < 4.78 is 41.6. The Morgan fingerprint density at radius 2 is 1.73 bits per heavy atom. The Hall–Kier alpha value is -3.23. The summed E-state index contributed by atoms with van der Waals surface area (Å²) >= 11 is 0. The number of ether oxygens (including phenoxy) is 1. The first kappa shape index (κ1) is 23.1. The van der Waals surface area contributed by atoms with E-state index >= 15 is 0 Å². The minimum Gasteiger partial charge on any atom is -0.405 e. The molecule has 0 saturated carbocycles. The van der Waals surface area contributed by atoms with Crippen molar-refractivity contribution < 1.29 is 22.7 Å². The highest BCUT2D eigenvalue weighted by Crippen LogP contribution is 2.26. The smallest absolute Gasteiger partial charge is 0.405 e. The fourth-order valence-corrected chi connectivity index (χ4v) is 2.70. The summed E-state index contributed by atoms with van der Waals surface area (Å²) in [4.78, 5) is 17.9. The quantitative estimate of drug-likeness (QED) is 0.506. The summed E-state index contributed by atoms with van der Waals surface area (Å²) in [6.07, 6.45) is -4.51. The molecule has 0 aliphatic carbocycles. The van der Waals surface area contributed by atoms with Crippen molar-refractivity contribution in [1.29, 1.82) is 0 Å². The molecule has 2 aromatic rings. The maximum Gasteiger partial charge on any atom is 0.573 e. The molecule has 0 aliphatic rings. The van der Waals surface area contributed by atoms with Crippen LogP contribution in [-0.2, 0) is 17.9 Å². The number of para-hydroxylation sites is 1. The molecule has 1 amide bonds. The van der Waals surface area contributed by atoms with E-state index in [4.69, 9.17) is 0 Å². The van der Waals surface area contributed by atoms with Crippen molar-refractivity contribution >= 4 is 11.9 Å². The van der Waals surface area contributed by atoms with Crippen LogP contribution in [0.5, 0.6) is 5.75 Å². The normalized spacial score (nSPS) is 11.7. The van der Waals surface area contributed by atoms with Crippen LogP contribution in [0.3, 0.4) is 0 Å². The summed E-state index contributed by atoms with van der Waals surface area (Å²) in [5.41, 5.74) is 1.37. The minimum atomic E-state index is -4.76. The van der Waals surface area contributed by atoms with Gasteiger partial charge in [0.25, 0.3) is 0 Å². The van der Waals surface area contributed by atoms with Crippen molar-refractivity contribution in [1.82, 2.24) is 15.5 Å². The van der Waals surface area contributed by atoms with Gasteiger partial charge in [-0.2, -0.15) is 0 Å². The number of aliphatic imine (C=N–C) groups is 1. The van der Waals surface area contributed by atoms with Crippen LogP contribution in [0, 0.1) is 0 Å². The van der Waals surface area contributed by atoms with Gasteiger partial charge in [-0.05, 0) is 11.6 Å². The van der Waals surface area contributed by atoms with E-state index in [-0.39, 0.29) is 24.6 Å². The number of hydrogen-bond acceptors (Lipinski definition) is 3. The molecule has 2 rings (SSSR count). The van der Waals surface area contributed by atoms with Crippen LogP contribution in [0.2, 0.25) is 0 Å². The number of carbonyl (C=O) groups excluding carboxylic acids is 1. The molecule has 0 radical (unpaired) electrons. The zero-order valence-corrected chi connectivity index (χ0v) is 16.9. The van der Waals surface area contributed by atoms with Crippen molar-refractivity contribution in [3.05, 3.63) is 65.7 Å². The molecule has 0 aromatic heterocycles. The summed E-state index contributed by atoms with van der Waals surface area (Å²) in [6.45, 7) is 0.925. The van der Waals surface area contributed by atoms with E-state index in [9.17, 15) is 18.0 Å². The van der Waals surface area contributed by atoms with E-state index in [0.29, 0.717) is 24.6 Å². The van der Waals surface area contributed by atoms with Crippen LogP contribution in [0.1, 0.15) is 17.5 Å². The molecule has 0 aliphatic heterocycles. The third-order valence-corrected chi connectivity index (χ3v) is 4.19. The second-order valence-electron chi connectivity index (χ2n) is 6.49. The average Bonchev–Trinajstić information content (AvgIpc) is 2.71. The number of amides is 1. The number of nitrogens with one attached hydrogen (secondary N) is 2. The monoisotopic (exact) mass is 422 g/mol. The molecule has 0 fully saturated rings. The Balaban J connectivity index is 1.79. The number of alkyl halides is 3. The molecule has 2 aromatic carbocycles. The molecule has 2 N–H and O–H groups in total. The topological polar surface area (TPSA) is 66.0 Å². The van der Waals surface area contributed by atoms with Crippen molar-refractivity contribution in [3.63, 3.8) is 0 Å². The van der Waals surface area contributed by atoms with E-state index < -0.39 is 6.36 Å². The largest absolute Gasteiger partial charge is 0.573 e. The lowest BCUT2D eigenvalue weighted by Crippen LogP contribution is -2.39. The fraction of sp³-hybridized carbons (Fsp3) is 0.333. The van der Waals surface area contributed by atoms with Gasteiger partial charge in [0.1, 0.15) is 5.75 Å². The first-order valence-corrected chi connectivity index (χ1v) is 9.34. The second-order valence-corrected chi connectivity index (χ2v) is 6.49. The van der Waals surface area contributed by atoms with Crippen LogP contribution in [0.4, 0.5) is 13.2 Å². The first-order valence-electron chi connectivity index (χ1n) is 9.34. The molecule has 30 heavy (non-hydrogen) atoms. The number of rotatable bonds is 8. The summed E-state index contributed by atoms with van der Waals surface area (Å²) in [7, 11) is 3.27. The maximum atomic E-state index is 12.5. The van der Waals surface area contributed by atoms with Crippen molar-refractivity contribution in [2.75, 3.05) is 20.6 Å². The molecule has 0 bridgehead atoms. The van der Waals surface area contributed by atoms with Crippen molar-refractivity contribution in [2.45, 2.75) is 25.9 Å². The Bertz CT molecular complexity index is 842. The van der Waals surface area contributed by atoms with Crippen molar-refractivity contribution in [2.24, 2.45) is 4.99 Å². The van der Waals surface area contributed by atoms with Gasteiger partial charge in [-0.25, -0.2) is 0 Å². The van der Waals surface area contributed by atoms with Gasteiger partial charge in [-0.1, -0.05) is 48.5 Å². The number of hydrogen-bond donors (Lipinski definition) is 2. The molecule has 0 heterocycles. The standard InChI is InChI=1S/C21H25F3N4O2/c1-25-20(27-14-17-10-6-7-11-18(17)30-21(22,23)24)26-13-12-19(29)28(2)15-16-8-4-3-5-9-16/h3-11H,12-15H2,1-2H3,(H2,25,26,27). The molecule has 0 saturated heterocycles. The lowest BCUT2D eigenvalue weighted by Gasteiger charge is -2.18. The van der Waals surface area contributed by atoms with E-state index in [2.05, 4.69) is 20.4 Å². The Morgan fingerprint density at radius 3 is 2.40 bits per heavy atom. The fourth-order valence-electron chi connectivity index (χ4n) is 2.70. The molecule has 9 heteroatoms. The van der Waals surface area contributed by atoms with E-state index in [1.165, 1.54) is 25.2 Å². The summed E-state index contributed by atoms with van der Waals surface area (Å²) in [5, 5.41) is 5.91. The van der Waals surface area contributed by atoms with Gasteiger partial charge in [0.15, 0.2) is 5.96 Å². The zero-order chi connectivity index (χ0) is 22.0. The molecular weight excluding hydrogens is 397 g/mol. The summed E-state index contributed by atoms with van der Waals surface area (Å²) in [5.74, 6) is 0.0618. The average molecular weight is 422 g/mol. The third-order valence-electron chi connectivity index (χ3n) is 4.19. The maximum absolute atomic E-state index is 12.5. The SMILES string of the molecule is CN=C(NCCC(=O)N(C)Cc1ccccc1)NCc1ccccc1OC(F)(F)F. The molecule has 0 atom stereocenters. The Labute approximate surface area is 173 Å². The lowest BCUT2D eigenvalue weighted by molar-refractivity contribution is -0.274. The Morgan fingerprint density at radius 1 is 1.07 bits per heavy atom. The molecule has 0 spiro atoms. The molecular formula is C21H25F3N4O2. The predicted octanol–water partition coefficient (Wildman–Crippen LogP) is 3.30. The van der Waals surface area contributed by atoms with Gasteiger partial charge in [0, 0.05) is 45.7 Å². The van der Waals surface area contributed by atoms with Crippen molar-refractivity contribution in [3.8, 4) is 5.75 Å². The van der Waals surface area contributed by atoms with Crippen LogP contribution in [-0.4, -0.2) is 43.8 Å². The summed E-state index contributed by atoms with van der Waals surface area (Å²) in [6, 6.07) is 15.5. The second kappa shape index (κ2) is 11.1. The highest BCUT2D eigenvalue weighted by Gasteiger charge is 2.31. The zero-order valence-electron chi connectivity index (χ0n) is 16.9. The highest BCUT2D eigenvalue weighted by atomic mass is 19.4. The molecule has 162 valence electrons. The number of halogens is 3. The van der Waals surface area contributed by atoms with Crippen LogP contribution >= 0.6 is 0 Å². The Kier molecular flexibility index (Phi) is 8.52. The van der Waals surface area contributed by atoms with Crippen LogP contribution < -0.4 is 15.4 Å². The predicted molar refractivity (Wildman–Crippen MR) is 109 cm³/mol. The van der Waals surface area contributed by atoms with Gasteiger partial charge in [0.2, 0.25) is 5.91 Å². The number of nitrogens with zero attached hydrogens (tertiary/aromatic N) is 2. The van der Waals surface area contributed by atoms with Gasteiger partial charge in [-0.15, -0.1) is 13.2 Å². The number of guanidine groups is 1. The molecule has 0 unspecified atom stereocenters. The third kappa shape index (κ3) is 8.02. The van der Waals surface area contributed by atoms with Gasteiger partial charge >= 0.3 is 6.36 Å². The highest BCUT2D eigenvalue weighted by molar-refractivity contribution is 5.81. The van der Waals surface area contributed by atoms with Crippen LogP contribution in [0.15, 0.2) is 59.6 Å². The van der Waals surface area contributed by atoms with E-state index in [1.807, 2.05) is 30.3 Å². The van der Waals surface area contributed by atoms with Gasteiger partial charge < -0.3 is 20.3 Å². The first-order chi connectivity index (χ1) is 14.3. The number of benzene rings is 2. The van der Waals surface area contributed by atoms with E-state index in [1.54, 1.807) is 18.0 Å². The molecule has 6 nitrogen and oxygen atoms in total. The minimum absolute atomic E-state index is 0.0364. The van der Waals surface area contributed by atoms with Gasteiger partial charge in [-0.3, -0.25) is 9.79 Å².